The van der Waals surface area contributed by atoms with Gasteiger partial charge in [-0.3, -0.25) is 9.59 Å². The van der Waals surface area contributed by atoms with Crippen molar-refractivity contribution in [3.05, 3.63) is 29.8 Å². The fourth-order valence-electron chi connectivity index (χ4n) is 4.55. The molecule has 1 aromatic rings. The summed E-state index contributed by atoms with van der Waals surface area (Å²) in [4.78, 5) is 25.6. The molecule has 3 heteroatoms. The van der Waals surface area contributed by atoms with Gasteiger partial charge in [0.1, 0.15) is 5.78 Å². The normalized spacial score (nSPS) is 32.3. The average Bonchev–Trinajstić information content (AvgIpc) is 2.78. The number of hydrogen-bond acceptors (Lipinski definition) is 2. The molecule has 1 amide bonds. The standard InChI is InChI=1S/C19H25NO2/c1-5-13-8-6-7-9-14(13)20-16(22)19-11-10-18(4,15(21)12-19)17(19,2)3/h6-9H,5,10-12H2,1-4H3,(H,20,22)/t18-,19-/m0/s1. The van der Waals surface area contributed by atoms with Gasteiger partial charge in [-0.15, -0.1) is 0 Å². The first-order chi connectivity index (χ1) is 10.3. The summed E-state index contributed by atoms with van der Waals surface area (Å²) in [6.07, 6.45) is 2.89. The maximum Gasteiger partial charge on any atom is 0.231 e. The molecule has 0 radical (unpaired) electrons. The summed E-state index contributed by atoms with van der Waals surface area (Å²) < 4.78 is 0. The average molecular weight is 299 g/mol. The number of amides is 1. The maximum atomic E-state index is 13.1. The molecule has 22 heavy (non-hydrogen) atoms. The summed E-state index contributed by atoms with van der Waals surface area (Å²) >= 11 is 0. The van der Waals surface area contributed by atoms with Gasteiger partial charge in [0, 0.05) is 17.5 Å². The first-order valence-electron chi connectivity index (χ1n) is 8.21. The van der Waals surface area contributed by atoms with Gasteiger partial charge in [-0.1, -0.05) is 45.9 Å². The van der Waals surface area contributed by atoms with Gasteiger partial charge < -0.3 is 5.32 Å². The van der Waals surface area contributed by atoms with Crippen LogP contribution in [0.25, 0.3) is 0 Å². The summed E-state index contributed by atoms with van der Waals surface area (Å²) in [7, 11) is 0. The lowest BCUT2D eigenvalue weighted by Gasteiger charge is -2.38. The predicted molar refractivity (Wildman–Crippen MR) is 87.6 cm³/mol. The minimum atomic E-state index is -0.556. The van der Waals surface area contributed by atoms with Crippen LogP contribution in [0.15, 0.2) is 24.3 Å². The maximum absolute atomic E-state index is 13.1. The Morgan fingerprint density at radius 3 is 2.41 bits per heavy atom. The number of ketones is 1. The van der Waals surface area contributed by atoms with E-state index in [2.05, 4.69) is 26.1 Å². The number of Topliss-reactive ketones (excluding diaryl/α,β-unsaturated/α-hetero) is 1. The van der Waals surface area contributed by atoms with Gasteiger partial charge in [0.25, 0.3) is 0 Å². The zero-order valence-electron chi connectivity index (χ0n) is 14.0. The van der Waals surface area contributed by atoms with Crippen LogP contribution in [0, 0.1) is 16.2 Å². The molecule has 2 aliphatic carbocycles. The van der Waals surface area contributed by atoms with E-state index >= 15 is 0 Å². The molecule has 0 spiro atoms. The van der Waals surface area contributed by atoms with Gasteiger partial charge >= 0.3 is 0 Å². The highest BCUT2D eigenvalue weighted by Gasteiger charge is 2.72. The number of para-hydroxylation sites is 1. The lowest BCUT2D eigenvalue weighted by Crippen LogP contribution is -2.43. The van der Waals surface area contributed by atoms with E-state index in [4.69, 9.17) is 0 Å². The third kappa shape index (κ3) is 1.68. The number of nitrogens with one attached hydrogen (secondary N) is 1. The SMILES string of the molecule is CCc1ccccc1NC(=O)[C@]12CC[C@@](C)(C(=O)C1)C2(C)C. The number of aryl methyl sites for hydroxylation is 1. The van der Waals surface area contributed by atoms with E-state index in [0.29, 0.717) is 6.42 Å². The van der Waals surface area contributed by atoms with Crippen LogP contribution >= 0.6 is 0 Å². The first-order valence-corrected chi connectivity index (χ1v) is 8.21. The molecular weight excluding hydrogens is 274 g/mol. The van der Waals surface area contributed by atoms with Crippen molar-refractivity contribution in [2.75, 3.05) is 5.32 Å². The lowest BCUT2D eigenvalue weighted by atomic mass is 9.64. The van der Waals surface area contributed by atoms with Crippen molar-refractivity contribution < 1.29 is 9.59 Å². The van der Waals surface area contributed by atoms with Crippen LogP contribution in [-0.4, -0.2) is 11.7 Å². The monoisotopic (exact) mass is 299 g/mol. The molecule has 1 aromatic carbocycles. The molecule has 0 aromatic heterocycles. The van der Waals surface area contributed by atoms with Crippen molar-refractivity contribution in [2.24, 2.45) is 16.2 Å². The lowest BCUT2D eigenvalue weighted by molar-refractivity contribution is -0.131. The number of hydrogen-bond donors (Lipinski definition) is 1. The fraction of sp³-hybridized carbons (Fsp3) is 0.579. The number of fused-ring (bicyclic) bond motifs is 2. The van der Waals surface area contributed by atoms with E-state index < -0.39 is 5.41 Å². The van der Waals surface area contributed by atoms with E-state index in [1.165, 1.54) is 0 Å². The van der Waals surface area contributed by atoms with E-state index in [1.54, 1.807) is 0 Å². The van der Waals surface area contributed by atoms with E-state index in [0.717, 1.165) is 30.5 Å². The summed E-state index contributed by atoms with van der Waals surface area (Å²) in [6, 6.07) is 7.92. The van der Waals surface area contributed by atoms with Crippen molar-refractivity contribution in [2.45, 2.75) is 53.4 Å². The third-order valence-electron chi connectivity index (χ3n) is 6.79. The molecule has 2 aliphatic rings. The van der Waals surface area contributed by atoms with Gasteiger partial charge in [-0.2, -0.15) is 0 Å². The van der Waals surface area contributed by atoms with Crippen molar-refractivity contribution >= 4 is 17.4 Å². The molecule has 3 nitrogen and oxygen atoms in total. The molecule has 0 unspecified atom stereocenters. The van der Waals surface area contributed by atoms with E-state index in [9.17, 15) is 9.59 Å². The molecule has 0 aliphatic heterocycles. The van der Waals surface area contributed by atoms with Gasteiger partial charge in [-0.25, -0.2) is 0 Å². The number of anilines is 1. The van der Waals surface area contributed by atoms with Gasteiger partial charge in [0.05, 0.1) is 5.41 Å². The number of carbonyl (C=O) groups excluding carboxylic acids is 2. The molecule has 1 N–H and O–H groups in total. The van der Waals surface area contributed by atoms with Gasteiger partial charge in [-0.05, 0) is 36.3 Å². The third-order valence-corrected chi connectivity index (χ3v) is 6.79. The quantitative estimate of drug-likeness (QED) is 0.918. The Bertz CT molecular complexity index is 649. The molecule has 118 valence electrons. The minimum absolute atomic E-state index is 0.0213. The largest absolute Gasteiger partial charge is 0.325 e. The Morgan fingerprint density at radius 1 is 1.18 bits per heavy atom. The Labute approximate surface area is 132 Å². The molecule has 2 atom stereocenters. The fourth-order valence-corrected chi connectivity index (χ4v) is 4.55. The van der Waals surface area contributed by atoms with Crippen LogP contribution < -0.4 is 5.32 Å². The number of carbonyl (C=O) groups is 2. The number of benzene rings is 1. The van der Waals surface area contributed by atoms with Crippen molar-refractivity contribution in [1.82, 2.24) is 0 Å². The highest BCUT2D eigenvalue weighted by molar-refractivity contribution is 6.04. The molecule has 2 fully saturated rings. The summed E-state index contributed by atoms with van der Waals surface area (Å²) in [6.45, 7) is 8.31. The summed E-state index contributed by atoms with van der Waals surface area (Å²) in [5.74, 6) is 0.274. The van der Waals surface area contributed by atoms with Crippen molar-refractivity contribution in [3.63, 3.8) is 0 Å². The number of rotatable bonds is 3. The van der Waals surface area contributed by atoms with E-state index in [1.807, 2.05) is 31.2 Å². The Morgan fingerprint density at radius 2 is 1.86 bits per heavy atom. The van der Waals surface area contributed by atoms with Crippen LogP contribution in [0.5, 0.6) is 0 Å². The van der Waals surface area contributed by atoms with Crippen LogP contribution in [0.4, 0.5) is 5.69 Å². The highest BCUT2D eigenvalue weighted by Crippen LogP contribution is 2.70. The van der Waals surface area contributed by atoms with Crippen molar-refractivity contribution in [1.29, 1.82) is 0 Å². The van der Waals surface area contributed by atoms with Crippen LogP contribution in [-0.2, 0) is 16.0 Å². The Kier molecular flexibility index (Phi) is 3.24. The molecule has 2 bridgehead atoms. The summed E-state index contributed by atoms with van der Waals surface area (Å²) in [5, 5.41) is 3.12. The second-order valence-electron chi connectivity index (χ2n) is 7.60. The topological polar surface area (TPSA) is 46.2 Å². The summed E-state index contributed by atoms with van der Waals surface area (Å²) in [5.41, 5.74) is 0.819. The van der Waals surface area contributed by atoms with Crippen LogP contribution in [0.3, 0.4) is 0 Å². The molecule has 0 heterocycles. The van der Waals surface area contributed by atoms with Crippen LogP contribution in [0.2, 0.25) is 0 Å². The van der Waals surface area contributed by atoms with Gasteiger partial charge in [0.15, 0.2) is 0 Å². The molecule has 0 saturated heterocycles. The highest BCUT2D eigenvalue weighted by atomic mass is 16.2. The van der Waals surface area contributed by atoms with Crippen LogP contribution in [0.1, 0.15) is 52.5 Å². The van der Waals surface area contributed by atoms with Gasteiger partial charge in [0.2, 0.25) is 5.91 Å². The predicted octanol–water partition coefficient (Wildman–Crippen LogP) is 3.97. The molecule has 2 saturated carbocycles. The zero-order valence-corrected chi connectivity index (χ0v) is 14.0. The first kappa shape index (κ1) is 15.3. The Hall–Kier alpha value is -1.64. The van der Waals surface area contributed by atoms with Crippen molar-refractivity contribution in [3.8, 4) is 0 Å². The zero-order chi connectivity index (χ0) is 16.2. The smallest absolute Gasteiger partial charge is 0.231 e. The minimum Gasteiger partial charge on any atom is -0.325 e. The second-order valence-corrected chi connectivity index (χ2v) is 7.60. The molecule has 3 rings (SSSR count). The van der Waals surface area contributed by atoms with E-state index in [-0.39, 0.29) is 22.5 Å². The Balaban J connectivity index is 1.95. The second kappa shape index (κ2) is 4.68. The molecular formula is C19H25NO2.